The monoisotopic (exact) mass is 329 g/mol. The lowest BCUT2D eigenvalue weighted by Crippen LogP contribution is -2.33. The normalized spacial score (nSPS) is 11.2. The minimum Gasteiger partial charge on any atom is -0.398 e. The molecule has 1 heterocycles. The van der Waals surface area contributed by atoms with Crippen LogP contribution in [0.4, 0.5) is 11.4 Å². The number of rotatable bonds is 2. The van der Waals surface area contributed by atoms with E-state index in [1.54, 1.807) is 0 Å². The van der Waals surface area contributed by atoms with E-state index in [9.17, 15) is 0 Å². The first-order valence-corrected chi connectivity index (χ1v) is 8.38. The van der Waals surface area contributed by atoms with E-state index in [4.69, 9.17) is 10.7 Å². The van der Waals surface area contributed by atoms with Gasteiger partial charge in [-0.1, -0.05) is 18.2 Å². The Labute approximate surface area is 146 Å². The second-order valence-electron chi connectivity index (χ2n) is 6.39. The summed E-state index contributed by atoms with van der Waals surface area (Å²) in [5, 5.41) is 3.27. The van der Waals surface area contributed by atoms with Gasteiger partial charge < -0.3 is 11.1 Å². The number of aromatic nitrogens is 2. The molecule has 4 aromatic rings. The van der Waals surface area contributed by atoms with Gasteiger partial charge in [0.15, 0.2) is 0 Å². The number of para-hydroxylation sites is 1. The molecule has 0 saturated heterocycles. The summed E-state index contributed by atoms with van der Waals surface area (Å²) in [6.07, 6.45) is 0. The maximum atomic E-state index is 6.20. The largest absolute Gasteiger partial charge is 0.398 e. The van der Waals surface area contributed by atoms with Gasteiger partial charge in [0.05, 0.1) is 0 Å². The van der Waals surface area contributed by atoms with Crippen LogP contribution < -0.4 is 15.6 Å². The highest BCUT2D eigenvalue weighted by atomic mass is 15.0. The maximum Gasteiger partial charge on any atom is 0.239 e. The van der Waals surface area contributed by atoms with Crippen molar-refractivity contribution in [3.05, 3.63) is 65.7 Å². The summed E-state index contributed by atoms with van der Waals surface area (Å²) in [7, 11) is 1.94. The third-order valence-electron chi connectivity index (χ3n) is 4.69. The number of nitrogen functional groups attached to an aromatic ring is 1. The molecule has 1 aromatic heterocycles. The Morgan fingerprint density at radius 1 is 0.880 bits per heavy atom. The summed E-state index contributed by atoms with van der Waals surface area (Å²) in [6, 6.07) is 18.7. The predicted octanol–water partition coefficient (Wildman–Crippen LogP) is 3.91. The van der Waals surface area contributed by atoms with Crippen LogP contribution in [-0.4, -0.2) is 12.0 Å². The van der Waals surface area contributed by atoms with E-state index in [0.29, 0.717) is 0 Å². The van der Waals surface area contributed by atoms with Gasteiger partial charge in [0.1, 0.15) is 11.0 Å². The molecule has 0 fully saturated rings. The number of nitrogens with two attached hydrogens (primary N) is 1. The van der Waals surface area contributed by atoms with Gasteiger partial charge in [-0.2, -0.15) is 0 Å². The van der Waals surface area contributed by atoms with Gasteiger partial charge in [0, 0.05) is 42.7 Å². The van der Waals surface area contributed by atoms with Crippen molar-refractivity contribution >= 4 is 33.4 Å². The molecule has 0 aliphatic rings. The summed E-state index contributed by atoms with van der Waals surface area (Å²) in [5.74, 6) is 0. The van der Waals surface area contributed by atoms with Gasteiger partial charge in [0.25, 0.3) is 0 Å². The molecule has 0 amide bonds. The van der Waals surface area contributed by atoms with Crippen LogP contribution >= 0.6 is 0 Å². The van der Waals surface area contributed by atoms with Crippen molar-refractivity contribution in [3.8, 4) is 5.69 Å². The zero-order chi connectivity index (χ0) is 17.6. The predicted molar refractivity (Wildman–Crippen MR) is 104 cm³/mol. The van der Waals surface area contributed by atoms with E-state index < -0.39 is 0 Å². The molecular formula is C21H21N4+. The highest BCUT2D eigenvalue weighted by Crippen LogP contribution is 2.25. The third-order valence-corrected chi connectivity index (χ3v) is 4.69. The van der Waals surface area contributed by atoms with Crippen LogP contribution in [0.3, 0.4) is 0 Å². The number of nitrogens with zero attached hydrogens (tertiary/aromatic N) is 2. The average molecular weight is 329 g/mol. The highest BCUT2D eigenvalue weighted by molar-refractivity contribution is 5.87. The quantitative estimate of drug-likeness (QED) is 0.333. The molecule has 0 aliphatic carbocycles. The lowest BCUT2D eigenvalue weighted by atomic mass is 10.1. The zero-order valence-electron chi connectivity index (χ0n) is 14.7. The molecule has 4 nitrogen and oxygen atoms in total. The molecule has 0 spiro atoms. The van der Waals surface area contributed by atoms with Crippen molar-refractivity contribution in [2.45, 2.75) is 13.8 Å². The van der Waals surface area contributed by atoms with Crippen molar-refractivity contribution in [2.75, 3.05) is 18.1 Å². The van der Waals surface area contributed by atoms with E-state index >= 15 is 0 Å². The number of hydrogen-bond donors (Lipinski definition) is 2. The van der Waals surface area contributed by atoms with E-state index in [1.165, 1.54) is 5.56 Å². The number of benzene rings is 3. The fourth-order valence-corrected chi connectivity index (χ4v) is 3.30. The first-order valence-electron chi connectivity index (χ1n) is 8.38. The maximum absolute atomic E-state index is 6.20. The Bertz CT molecular complexity index is 1100. The van der Waals surface area contributed by atoms with E-state index in [-0.39, 0.29) is 0 Å². The number of anilines is 2. The summed E-state index contributed by atoms with van der Waals surface area (Å²) in [4.78, 5) is 4.90. The molecular weight excluding hydrogens is 308 g/mol. The van der Waals surface area contributed by atoms with Crippen LogP contribution in [0.5, 0.6) is 0 Å². The minimum absolute atomic E-state index is 0.777. The zero-order valence-corrected chi connectivity index (χ0v) is 14.7. The van der Waals surface area contributed by atoms with Crippen LogP contribution in [0.2, 0.25) is 0 Å². The molecule has 3 aromatic carbocycles. The molecule has 3 N–H and O–H groups in total. The van der Waals surface area contributed by atoms with Gasteiger partial charge in [-0.3, -0.25) is 0 Å². The molecule has 4 rings (SSSR count). The van der Waals surface area contributed by atoms with Crippen molar-refractivity contribution in [2.24, 2.45) is 0 Å². The minimum atomic E-state index is 0.777. The Balaban J connectivity index is 2.23. The highest BCUT2D eigenvalue weighted by Gasteiger charge is 2.21. The second kappa shape index (κ2) is 5.74. The van der Waals surface area contributed by atoms with Gasteiger partial charge >= 0.3 is 0 Å². The summed E-state index contributed by atoms with van der Waals surface area (Å²) in [5.41, 5.74) is 15.4. The van der Waals surface area contributed by atoms with Crippen LogP contribution in [-0.2, 0) is 0 Å². The SMILES string of the molecule is CNc1cc2c(cc1C)nc1cc(C)c(N)cc1[n+]2-c1ccccc1. The number of aryl methyl sites for hydroxylation is 2. The first-order chi connectivity index (χ1) is 12.1. The Kier molecular flexibility index (Phi) is 3.53. The van der Waals surface area contributed by atoms with Crippen LogP contribution in [0.25, 0.3) is 27.8 Å². The van der Waals surface area contributed by atoms with Crippen molar-refractivity contribution in [1.82, 2.24) is 4.98 Å². The molecule has 0 radical (unpaired) electrons. The van der Waals surface area contributed by atoms with Crippen molar-refractivity contribution in [1.29, 1.82) is 0 Å². The van der Waals surface area contributed by atoms with Crippen molar-refractivity contribution < 1.29 is 4.57 Å². The summed E-state index contributed by atoms with van der Waals surface area (Å²) >= 11 is 0. The Morgan fingerprint density at radius 3 is 2.20 bits per heavy atom. The van der Waals surface area contributed by atoms with Crippen LogP contribution in [0.1, 0.15) is 11.1 Å². The van der Waals surface area contributed by atoms with Gasteiger partial charge in [0.2, 0.25) is 16.7 Å². The summed E-state index contributed by atoms with van der Waals surface area (Å²) < 4.78 is 2.23. The van der Waals surface area contributed by atoms with E-state index in [1.807, 2.05) is 38.2 Å². The van der Waals surface area contributed by atoms with Gasteiger partial charge in [-0.15, -0.1) is 4.57 Å². The molecule has 0 atom stereocenters. The molecule has 0 saturated carbocycles. The standard InChI is InChI=1S/C21H20N4/c1-13-9-18-20(11-16(13)22)25(15-7-5-4-6-8-15)21-12-17(23-3)14(2)10-19(21)24-18/h4-12H,1-3H3,(H2,22,23)/p+1. The number of hydrogen-bond acceptors (Lipinski definition) is 3. The first kappa shape index (κ1) is 15.4. The average Bonchev–Trinajstić information content (AvgIpc) is 2.61. The molecule has 4 heteroatoms. The number of fused-ring (bicyclic) bond motifs is 2. The lowest BCUT2D eigenvalue weighted by molar-refractivity contribution is -0.538. The van der Waals surface area contributed by atoms with Crippen molar-refractivity contribution in [3.63, 3.8) is 0 Å². The molecule has 0 bridgehead atoms. The Hall–Kier alpha value is -3.14. The van der Waals surface area contributed by atoms with Gasteiger partial charge in [-0.25, -0.2) is 4.98 Å². The topological polar surface area (TPSA) is 54.8 Å². The number of nitrogens with one attached hydrogen (secondary N) is 1. The molecule has 25 heavy (non-hydrogen) atoms. The smallest absolute Gasteiger partial charge is 0.239 e. The van der Waals surface area contributed by atoms with E-state index in [2.05, 4.69) is 47.1 Å². The molecule has 124 valence electrons. The third kappa shape index (κ3) is 2.47. The summed E-state index contributed by atoms with van der Waals surface area (Å²) in [6.45, 7) is 4.11. The van der Waals surface area contributed by atoms with Crippen LogP contribution in [0.15, 0.2) is 54.6 Å². The Morgan fingerprint density at radius 2 is 1.52 bits per heavy atom. The van der Waals surface area contributed by atoms with Gasteiger partial charge in [-0.05, 0) is 37.1 Å². The molecule has 0 unspecified atom stereocenters. The second-order valence-corrected chi connectivity index (χ2v) is 6.39. The fraction of sp³-hybridized carbons (Fsp3) is 0.143. The lowest BCUT2D eigenvalue weighted by Gasteiger charge is -2.10. The van der Waals surface area contributed by atoms with Crippen LogP contribution in [0, 0.1) is 13.8 Å². The molecule has 0 aliphatic heterocycles. The fourth-order valence-electron chi connectivity index (χ4n) is 3.30. The van der Waals surface area contributed by atoms with E-state index in [0.717, 1.165) is 44.7 Å².